The molecule has 0 spiro atoms. The van der Waals surface area contributed by atoms with Gasteiger partial charge in [-0.2, -0.15) is 0 Å². The number of methoxy groups -OCH3 is 1. The van der Waals surface area contributed by atoms with Crippen molar-refractivity contribution in [1.82, 2.24) is 14.9 Å². The van der Waals surface area contributed by atoms with Crippen molar-refractivity contribution in [2.75, 3.05) is 13.7 Å². The van der Waals surface area contributed by atoms with Crippen molar-refractivity contribution >= 4 is 0 Å². The third kappa shape index (κ3) is 2.02. The van der Waals surface area contributed by atoms with Crippen LogP contribution in [0.4, 0.5) is 0 Å². The van der Waals surface area contributed by atoms with Crippen LogP contribution in [0.25, 0.3) is 0 Å². The SMILES string of the molecule is CCn1ccnc1C1NCCc2c(OC)cccc21. The van der Waals surface area contributed by atoms with Gasteiger partial charge in [-0.25, -0.2) is 4.98 Å². The Kier molecular flexibility index (Phi) is 3.25. The van der Waals surface area contributed by atoms with E-state index in [4.69, 9.17) is 4.74 Å². The number of nitrogens with zero attached hydrogens (tertiary/aromatic N) is 2. The predicted octanol–water partition coefficient (Wildman–Crippen LogP) is 2.15. The van der Waals surface area contributed by atoms with Crippen molar-refractivity contribution in [2.24, 2.45) is 0 Å². The van der Waals surface area contributed by atoms with E-state index < -0.39 is 0 Å². The van der Waals surface area contributed by atoms with Crippen molar-refractivity contribution in [3.63, 3.8) is 0 Å². The number of fused-ring (bicyclic) bond motifs is 1. The number of ether oxygens (including phenoxy) is 1. The lowest BCUT2D eigenvalue weighted by molar-refractivity contribution is 0.402. The van der Waals surface area contributed by atoms with Crippen molar-refractivity contribution in [3.8, 4) is 5.75 Å². The van der Waals surface area contributed by atoms with Crippen LogP contribution in [0.15, 0.2) is 30.6 Å². The van der Waals surface area contributed by atoms with Gasteiger partial charge >= 0.3 is 0 Å². The number of nitrogens with one attached hydrogen (secondary N) is 1. The van der Waals surface area contributed by atoms with Crippen LogP contribution >= 0.6 is 0 Å². The van der Waals surface area contributed by atoms with Crippen LogP contribution < -0.4 is 10.1 Å². The molecule has 19 heavy (non-hydrogen) atoms. The maximum atomic E-state index is 5.48. The Labute approximate surface area is 113 Å². The van der Waals surface area contributed by atoms with Crippen molar-refractivity contribution in [1.29, 1.82) is 0 Å². The van der Waals surface area contributed by atoms with Gasteiger partial charge in [-0.15, -0.1) is 0 Å². The smallest absolute Gasteiger partial charge is 0.130 e. The summed E-state index contributed by atoms with van der Waals surface area (Å²) >= 11 is 0. The summed E-state index contributed by atoms with van der Waals surface area (Å²) < 4.78 is 7.67. The van der Waals surface area contributed by atoms with Gasteiger partial charge in [0.15, 0.2) is 0 Å². The zero-order valence-electron chi connectivity index (χ0n) is 11.4. The molecule has 1 atom stereocenters. The average molecular weight is 257 g/mol. The molecule has 0 bridgehead atoms. The fourth-order valence-corrected chi connectivity index (χ4v) is 2.84. The first kappa shape index (κ1) is 12.2. The zero-order valence-corrected chi connectivity index (χ0v) is 11.4. The number of aromatic nitrogens is 2. The van der Waals surface area contributed by atoms with Gasteiger partial charge in [0.1, 0.15) is 11.6 Å². The molecule has 0 radical (unpaired) electrons. The minimum Gasteiger partial charge on any atom is -0.496 e. The van der Waals surface area contributed by atoms with Gasteiger partial charge in [0.25, 0.3) is 0 Å². The molecule has 0 fully saturated rings. The van der Waals surface area contributed by atoms with Crippen LogP contribution in [0, 0.1) is 0 Å². The quantitative estimate of drug-likeness (QED) is 0.915. The van der Waals surface area contributed by atoms with E-state index in [0.717, 1.165) is 31.1 Å². The minimum absolute atomic E-state index is 0.161. The average Bonchev–Trinajstić information content (AvgIpc) is 2.94. The molecular formula is C15H19N3O. The second-order valence-electron chi connectivity index (χ2n) is 4.74. The molecule has 4 nitrogen and oxygen atoms in total. The van der Waals surface area contributed by atoms with Crippen LogP contribution in [0.3, 0.4) is 0 Å². The van der Waals surface area contributed by atoms with E-state index in [0.29, 0.717) is 0 Å². The van der Waals surface area contributed by atoms with E-state index in [1.54, 1.807) is 7.11 Å². The Balaban J connectivity index is 2.08. The lowest BCUT2D eigenvalue weighted by Gasteiger charge is -2.28. The molecule has 4 heteroatoms. The lowest BCUT2D eigenvalue weighted by atomic mass is 9.93. The van der Waals surface area contributed by atoms with Crippen LogP contribution in [-0.4, -0.2) is 23.2 Å². The summed E-state index contributed by atoms with van der Waals surface area (Å²) in [4.78, 5) is 4.52. The Morgan fingerprint density at radius 2 is 2.37 bits per heavy atom. The van der Waals surface area contributed by atoms with E-state index in [1.165, 1.54) is 11.1 Å². The van der Waals surface area contributed by atoms with Gasteiger partial charge in [-0.1, -0.05) is 12.1 Å². The van der Waals surface area contributed by atoms with Gasteiger partial charge < -0.3 is 14.6 Å². The summed E-state index contributed by atoms with van der Waals surface area (Å²) in [7, 11) is 1.74. The highest BCUT2D eigenvalue weighted by molar-refractivity contribution is 5.45. The molecule has 1 aromatic heterocycles. The lowest BCUT2D eigenvalue weighted by Crippen LogP contribution is -2.32. The normalized spacial score (nSPS) is 18.1. The maximum Gasteiger partial charge on any atom is 0.130 e. The highest BCUT2D eigenvalue weighted by Gasteiger charge is 2.26. The number of imidazole rings is 1. The van der Waals surface area contributed by atoms with E-state index >= 15 is 0 Å². The van der Waals surface area contributed by atoms with Gasteiger partial charge in [0.05, 0.1) is 13.2 Å². The fraction of sp³-hybridized carbons (Fsp3) is 0.400. The predicted molar refractivity (Wildman–Crippen MR) is 74.4 cm³/mol. The summed E-state index contributed by atoms with van der Waals surface area (Å²) in [6, 6.07) is 6.42. The Bertz CT molecular complexity index is 577. The fourth-order valence-electron chi connectivity index (χ4n) is 2.84. The van der Waals surface area contributed by atoms with Crippen LogP contribution in [0.1, 0.15) is 29.9 Å². The number of hydrogen-bond donors (Lipinski definition) is 1. The van der Waals surface area contributed by atoms with Crippen LogP contribution in [0.5, 0.6) is 5.75 Å². The highest BCUT2D eigenvalue weighted by atomic mass is 16.5. The maximum absolute atomic E-state index is 5.48. The highest BCUT2D eigenvalue weighted by Crippen LogP contribution is 2.33. The first-order valence-electron chi connectivity index (χ1n) is 6.75. The molecule has 2 aromatic rings. The zero-order chi connectivity index (χ0) is 13.2. The van der Waals surface area contributed by atoms with E-state index in [1.807, 2.05) is 18.5 Å². The van der Waals surface area contributed by atoms with Crippen LogP contribution in [-0.2, 0) is 13.0 Å². The third-order valence-electron chi connectivity index (χ3n) is 3.77. The molecule has 0 amide bonds. The molecule has 0 aliphatic carbocycles. The molecule has 1 aliphatic rings. The molecule has 1 aliphatic heterocycles. The third-order valence-corrected chi connectivity index (χ3v) is 3.77. The van der Waals surface area contributed by atoms with Gasteiger partial charge in [0.2, 0.25) is 0 Å². The van der Waals surface area contributed by atoms with Crippen molar-refractivity contribution < 1.29 is 4.74 Å². The van der Waals surface area contributed by atoms with E-state index in [-0.39, 0.29) is 6.04 Å². The molecule has 100 valence electrons. The minimum atomic E-state index is 0.161. The summed E-state index contributed by atoms with van der Waals surface area (Å²) in [5, 5.41) is 3.56. The Morgan fingerprint density at radius 1 is 1.47 bits per heavy atom. The molecule has 1 aromatic carbocycles. The second kappa shape index (κ2) is 5.05. The van der Waals surface area contributed by atoms with E-state index in [2.05, 4.69) is 33.9 Å². The van der Waals surface area contributed by atoms with Gasteiger partial charge in [-0.3, -0.25) is 0 Å². The summed E-state index contributed by atoms with van der Waals surface area (Å²) in [6.45, 7) is 4.03. The molecule has 1 unspecified atom stereocenters. The van der Waals surface area contributed by atoms with Crippen molar-refractivity contribution in [2.45, 2.75) is 25.9 Å². The van der Waals surface area contributed by atoms with E-state index in [9.17, 15) is 0 Å². The largest absolute Gasteiger partial charge is 0.496 e. The first-order chi connectivity index (χ1) is 9.35. The van der Waals surface area contributed by atoms with Gasteiger partial charge in [-0.05, 0) is 25.0 Å². The molecular weight excluding hydrogens is 238 g/mol. The Morgan fingerprint density at radius 3 is 3.16 bits per heavy atom. The summed E-state index contributed by atoms with van der Waals surface area (Å²) in [5.74, 6) is 2.07. The molecule has 3 rings (SSSR count). The van der Waals surface area contributed by atoms with Crippen molar-refractivity contribution in [3.05, 3.63) is 47.5 Å². The Hall–Kier alpha value is -1.81. The summed E-state index contributed by atoms with van der Waals surface area (Å²) in [5.41, 5.74) is 2.59. The number of rotatable bonds is 3. The van der Waals surface area contributed by atoms with Crippen LogP contribution in [0.2, 0.25) is 0 Å². The van der Waals surface area contributed by atoms with Gasteiger partial charge in [0, 0.05) is 31.0 Å². The molecule has 1 N–H and O–H groups in total. The standard InChI is InChI=1S/C15H19N3O/c1-3-18-10-9-17-15(18)14-12-5-4-6-13(19-2)11(12)7-8-16-14/h4-6,9-10,14,16H,3,7-8H2,1-2H3. The monoisotopic (exact) mass is 257 g/mol. The number of hydrogen-bond acceptors (Lipinski definition) is 3. The molecule has 0 saturated carbocycles. The summed E-state index contributed by atoms with van der Waals surface area (Å²) in [6.07, 6.45) is 4.91. The molecule has 0 saturated heterocycles. The number of benzene rings is 1. The molecule has 2 heterocycles. The topological polar surface area (TPSA) is 39.1 Å². The first-order valence-corrected chi connectivity index (χ1v) is 6.75. The second-order valence-corrected chi connectivity index (χ2v) is 4.74. The number of aryl methyl sites for hydroxylation is 1.